The third-order valence-electron chi connectivity index (χ3n) is 4.39. The number of amides is 1. The summed E-state index contributed by atoms with van der Waals surface area (Å²) < 4.78 is 5.30. The topological polar surface area (TPSA) is 55.4 Å². The minimum atomic E-state index is -0.685. The Kier molecular flexibility index (Phi) is 4.23. The Morgan fingerprint density at radius 1 is 1.10 bits per heavy atom. The van der Waals surface area contributed by atoms with Gasteiger partial charge < -0.3 is 10.1 Å². The van der Waals surface area contributed by atoms with Gasteiger partial charge in [0.15, 0.2) is 6.10 Å². The fourth-order valence-corrected chi connectivity index (χ4v) is 3.20. The summed E-state index contributed by atoms with van der Waals surface area (Å²) >= 11 is 0. The largest absolute Gasteiger partial charge is 0.448 e. The molecule has 1 amide bonds. The van der Waals surface area contributed by atoms with Crippen molar-refractivity contribution in [3.8, 4) is 0 Å². The highest BCUT2D eigenvalue weighted by molar-refractivity contribution is 5.95. The van der Waals surface area contributed by atoms with E-state index in [1.165, 1.54) is 12.8 Å². The van der Waals surface area contributed by atoms with Crippen LogP contribution in [0.5, 0.6) is 0 Å². The maximum absolute atomic E-state index is 12.3. The molecule has 0 radical (unpaired) electrons. The molecule has 1 fully saturated rings. The normalized spacial score (nSPS) is 22.9. The fourth-order valence-electron chi connectivity index (χ4n) is 3.20. The Hall–Kier alpha value is -1.84. The molecule has 4 nitrogen and oxygen atoms in total. The van der Waals surface area contributed by atoms with E-state index >= 15 is 0 Å². The lowest BCUT2D eigenvalue weighted by atomic mass is 9.98. The van der Waals surface area contributed by atoms with Gasteiger partial charge in [0.05, 0.1) is 5.56 Å². The molecule has 0 saturated heterocycles. The van der Waals surface area contributed by atoms with E-state index in [-0.39, 0.29) is 11.9 Å². The Balaban J connectivity index is 1.65. The zero-order valence-corrected chi connectivity index (χ0v) is 12.1. The number of fused-ring (bicyclic) bond motifs is 1. The maximum atomic E-state index is 12.3. The summed E-state index contributed by atoms with van der Waals surface area (Å²) in [6, 6.07) is 7.57. The molecule has 21 heavy (non-hydrogen) atoms. The van der Waals surface area contributed by atoms with Crippen LogP contribution < -0.4 is 5.32 Å². The molecule has 0 aromatic heterocycles. The van der Waals surface area contributed by atoms with E-state index < -0.39 is 12.1 Å². The van der Waals surface area contributed by atoms with Crippen molar-refractivity contribution in [3.63, 3.8) is 0 Å². The number of nitrogens with one attached hydrogen (secondary N) is 1. The second-order valence-electron chi connectivity index (χ2n) is 5.95. The van der Waals surface area contributed by atoms with E-state index in [1.54, 1.807) is 6.07 Å². The third-order valence-corrected chi connectivity index (χ3v) is 4.39. The molecule has 112 valence electrons. The van der Waals surface area contributed by atoms with Crippen molar-refractivity contribution in [2.24, 2.45) is 0 Å². The number of esters is 1. The fraction of sp³-hybridized carbons (Fsp3) is 0.529. The second-order valence-corrected chi connectivity index (χ2v) is 5.95. The van der Waals surface area contributed by atoms with Gasteiger partial charge in [-0.1, -0.05) is 43.9 Å². The number of hydrogen-bond acceptors (Lipinski definition) is 3. The lowest BCUT2D eigenvalue weighted by molar-refractivity contribution is -0.131. The molecule has 3 rings (SSSR count). The van der Waals surface area contributed by atoms with Crippen LogP contribution in [-0.4, -0.2) is 24.0 Å². The number of cyclic esters (lactones) is 1. The van der Waals surface area contributed by atoms with Gasteiger partial charge in [0, 0.05) is 12.5 Å². The minimum Gasteiger partial charge on any atom is -0.448 e. The van der Waals surface area contributed by atoms with Gasteiger partial charge in [-0.2, -0.15) is 0 Å². The van der Waals surface area contributed by atoms with Gasteiger partial charge >= 0.3 is 5.97 Å². The van der Waals surface area contributed by atoms with Gasteiger partial charge in [0.1, 0.15) is 0 Å². The first-order valence-electron chi connectivity index (χ1n) is 7.83. The van der Waals surface area contributed by atoms with E-state index in [0.29, 0.717) is 12.0 Å². The monoisotopic (exact) mass is 287 g/mol. The van der Waals surface area contributed by atoms with E-state index in [4.69, 9.17) is 4.74 Å². The van der Waals surface area contributed by atoms with E-state index in [0.717, 1.165) is 31.2 Å². The molecular formula is C17H21NO3. The number of hydrogen-bond donors (Lipinski definition) is 1. The van der Waals surface area contributed by atoms with Crippen molar-refractivity contribution in [1.29, 1.82) is 0 Å². The first-order chi connectivity index (χ1) is 10.2. The molecule has 1 aliphatic carbocycles. The maximum Gasteiger partial charge on any atom is 0.339 e. The number of carbonyl (C=O) groups excluding carboxylic acids is 2. The molecule has 4 heteroatoms. The molecule has 1 aromatic rings. The molecule has 0 bridgehead atoms. The van der Waals surface area contributed by atoms with Gasteiger partial charge in [-0.25, -0.2) is 4.79 Å². The van der Waals surface area contributed by atoms with E-state index in [1.807, 2.05) is 18.2 Å². The van der Waals surface area contributed by atoms with Crippen molar-refractivity contribution >= 4 is 11.9 Å². The number of ether oxygens (including phenoxy) is 1. The van der Waals surface area contributed by atoms with Crippen LogP contribution in [0.15, 0.2) is 24.3 Å². The average Bonchev–Trinajstić information content (AvgIpc) is 2.76. The number of rotatable bonds is 2. The SMILES string of the molecule is O=C1O[C@H](C(=O)NC2CCCCCC2)Cc2ccccc21. The number of carbonyl (C=O) groups is 2. The van der Waals surface area contributed by atoms with Gasteiger partial charge in [-0.3, -0.25) is 4.79 Å². The Morgan fingerprint density at radius 3 is 2.57 bits per heavy atom. The zero-order valence-electron chi connectivity index (χ0n) is 12.1. The third kappa shape index (κ3) is 3.26. The molecule has 1 saturated carbocycles. The van der Waals surface area contributed by atoms with Crippen LogP contribution in [0.3, 0.4) is 0 Å². The predicted molar refractivity (Wildman–Crippen MR) is 79.0 cm³/mol. The Bertz CT molecular complexity index is 533. The summed E-state index contributed by atoms with van der Waals surface area (Å²) in [5.74, 6) is -0.539. The standard InChI is InChI=1S/C17H21NO3/c19-16(18-13-8-3-1-2-4-9-13)15-11-12-7-5-6-10-14(12)17(20)21-15/h5-7,10,13,15H,1-4,8-9,11H2,(H,18,19)/t15-/m0/s1. The molecule has 1 atom stereocenters. The van der Waals surface area contributed by atoms with Crippen LogP contribution in [0.1, 0.15) is 54.4 Å². The second kappa shape index (κ2) is 6.29. The molecule has 1 aliphatic heterocycles. The highest BCUT2D eigenvalue weighted by Gasteiger charge is 2.31. The van der Waals surface area contributed by atoms with Crippen LogP contribution in [0, 0.1) is 0 Å². The summed E-state index contributed by atoms with van der Waals surface area (Å²) in [5.41, 5.74) is 1.48. The summed E-state index contributed by atoms with van der Waals surface area (Å²) in [7, 11) is 0. The first-order valence-corrected chi connectivity index (χ1v) is 7.83. The van der Waals surface area contributed by atoms with Crippen molar-refractivity contribution < 1.29 is 14.3 Å². The van der Waals surface area contributed by atoms with E-state index in [2.05, 4.69) is 5.32 Å². The van der Waals surface area contributed by atoms with Crippen LogP contribution in [0.2, 0.25) is 0 Å². The van der Waals surface area contributed by atoms with Crippen molar-refractivity contribution in [2.45, 2.75) is 57.1 Å². The molecule has 1 N–H and O–H groups in total. The predicted octanol–water partition coefficient (Wildman–Crippen LogP) is 2.61. The molecule has 1 heterocycles. The highest BCUT2D eigenvalue weighted by Crippen LogP contribution is 2.22. The summed E-state index contributed by atoms with van der Waals surface area (Å²) in [6.45, 7) is 0. The van der Waals surface area contributed by atoms with Crippen molar-refractivity contribution in [2.75, 3.05) is 0 Å². The van der Waals surface area contributed by atoms with Crippen LogP contribution in [-0.2, 0) is 16.0 Å². The highest BCUT2D eigenvalue weighted by atomic mass is 16.5. The minimum absolute atomic E-state index is 0.148. The molecule has 1 aromatic carbocycles. The summed E-state index contributed by atoms with van der Waals surface area (Å²) in [6.07, 6.45) is 6.68. The lowest BCUT2D eigenvalue weighted by Gasteiger charge is -2.26. The molecule has 0 spiro atoms. The van der Waals surface area contributed by atoms with E-state index in [9.17, 15) is 9.59 Å². The Labute approximate surface area is 124 Å². The Morgan fingerprint density at radius 2 is 1.81 bits per heavy atom. The van der Waals surface area contributed by atoms with Crippen LogP contribution in [0.4, 0.5) is 0 Å². The molecule has 2 aliphatic rings. The van der Waals surface area contributed by atoms with Crippen molar-refractivity contribution in [1.82, 2.24) is 5.32 Å². The van der Waals surface area contributed by atoms with Crippen LogP contribution >= 0.6 is 0 Å². The molecular weight excluding hydrogens is 266 g/mol. The zero-order chi connectivity index (χ0) is 14.7. The molecule has 0 unspecified atom stereocenters. The smallest absolute Gasteiger partial charge is 0.339 e. The quantitative estimate of drug-likeness (QED) is 0.672. The van der Waals surface area contributed by atoms with Gasteiger partial charge in [-0.15, -0.1) is 0 Å². The van der Waals surface area contributed by atoms with Gasteiger partial charge in [0.25, 0.3) is 5.91 Å². The summed E-state index contributed by atoms with van der Waals surface area (Å²) in [5, 5.41) is 3.06. The average molecular weight is 287 g/mol. The van der Waals surface area contributed by atoms with Crippen molar-refractivity contribution in [3.05, 3.63) is 35.4 Å². The van der Waals surface area contributed by atoms with Gasteiger partial charge in [0.2, 0.25) is 0 Å². The number of benzene rings is 1. The first kappa shape index (κ1) is 14.1. The van der Waals surface area contributed by atoms with Gasteiger partial charge in [-0.05, 0) is 24.5 Å². The lowest BCUT2D eigenvalue weighted by Crippen LogP contribution is -2.45. The summed E-state index contributed by atoms with van der Waals surface area (Å²) in [4.78, 5) is 24.3. The van der Waals surface area contributed by atoms with Crippen LogP contribution in [0.25, 0.3) is 0 Å².